The molecule has 1 unspecified atom stereocenters. The van der Waals surface area contributed by atoms with Crippen LogP contribution in [0.25, 0.3) is 10.9 Å². The molecule has 0 bridgehead atoms. The highest BCUT2D eigenvalue weighted by molar-refractivity contribution is 5.81. The second-order valence-electron chi connectivity index (χ2n) is 5.04. The van der Waals surface area contributed by atoms with Crippen LogP contribution in [0.5, 0.6) is 5.75 Å². The predicted octanol–water partition coefficient (Wildman–Crippen LogP) is 3.34. The number of benzene rings is 1. The molecule has 18 heavy (non-hydrogen) atoms. The number of nitrogens with two attached hydrogens (primary N) is 1. The maximum Gasteiger partial charge on any atom is 0.120 e. The zero-order valence-electron chi connectivity index (χ0n) is 11.4. The van der Waals surface area contributed by atoms with Crippen LogP contribution in [-0.4, -0.2) is 17.2 Å². The topological polar surface area (TPSA) is 40.2 Å². The van der Waals surface area contributed by atoms with Crippen molar-refractivity contribution in [2.45, 2.75) is 39.3 Å². The van der Waals surface area contributed by atoms with Gasteiger partial charge in [-0.2, -0.15) is 0 Å². The summed E-state index contributed by atoms with van der Waals surface area (Å²) in [7, 11) is 0. The van der Waals surface area contributed by atoms with Crippen molar-refractivity contribution in [2.75, 3.05) is 6.54 Å². The van der Waals surface area contributed by atoms with Gasteiger partial charge in [-0.05, 0) is 58.0 Å². The lowest BCUT2D eigenvalue weighted by atomic mass is 10.2. The Morgan fingerprint density at radius 3 is 2.67 bits per heavy atom. The zero-order valence-corrected chi connectivity index (χ0v) is 11.4. The van der Waals surface area contributed by atoms with Gasteiger partial charge in [-0.25, -0.2) is 0 Å². The fourth-order valence-electron chi connectivity index (χ4n) is 2.25. The van der Waals surface area contributed by atoms with Crippen LogP contribution in [0.3, 0.4) is 0 Å². The van der Waals surface area contributed by atoms with Gasteiger partial charge in [0.2, 0.25) is 0 Å². The van der Waals surface area contributed by atoms with E-state index in [1.807, 2.05) is 19.9 Å². The van der Waals surface area contributed by atoms with Gasteiger partial charge in [0.25, 0.3) is 0 Å². The van der Waals surface area contributed by atoms with Crippen molar-refractivity contribution in [1.29, 1.82) is 0 Å². The molecule has 2 aromatic rings. The van der Waals surface area contributed by atoms with Gasteiger partial charge in [0.05, 0.1) is 6.10 Å². The Morgan fingerprint density at radius 1 is 1.22 bits per heavy atom. The molecule has 0 amide bonds. The molecule has 2 N–H and O–H groups in total. The fourth-order valence-corrected chi connectivity index (χ4v) is 2.25. The minimum atomic E-state index is 0.209. The van der Waals surface area contributed by atoms with Crippen LogP contribution in [0.1, 0.15) is 33.2 Å². The van der Waals surface area contributed by atoms with Gasteiger partial charge in [0.15, 0.2) is 0 Å². The summed E-state index contributed by atoms with van der Waals surface area (Å²) in [6, 6.07) is 8.83. The Morgan fingerprint density at radius 2 is 2.00 bits per heavy atom. The Labute approximate surface area is 109 Å². The quantitative estimate of drug-likeness (QED) is 0.879. The van der Waals surface area contributed by atoms with Gasteiger partial charge in [-0.3, -0.25) is 0 Å². The van der Waals surface area contributed by atoms with Gasteiger partial charge in [0.1, 0.15) is 5.75 Å². The van der Waals surface area contributed by atoms with Gasteiger partial charge in [-0.1, -0.05) is 0 Å². The number of rotatable bonds is 5. The van der Waals surface area contributed by atoms with E-state index in [-0.39, 0.29) is 6.10 Å². The third-order valence-corrected chi connectivity index (χ3v) is 3.12. The first-order chi connectivity index (χ1) is 8.61. The Hall–Kier alpha value is -1.48. The van der Waals surface area contributed by atoms with E-state index in [2.05, 4.69) is 35.9 Å². The lowest BCUT2D eigenvalue weighted by Crippen LogP contribution is -2.10. The SMILES string of the molecule is CC(C)Oc1ccc2c(ccn2C(C)CCN)c1. The number of ether oxygens (including phenoxy) is 1. The van der Waals surface area contributed by atoms with Gasteiger partial charge < -0.3 is 15.0 Å². The van der Waals surface area contributed by atoms with Crippen LogP contribution in [0.4, 0.5) is 0 Å². The smallest absolute Gasteiger partial charge is 0.120 e. The molecule has 3 nitrogen and oxygen atoms in total. The van der Waals surface area contributed by atoms with Crippen LogP contribution in [-0.2, 0) is 0 Å². The lowest BCUT2D eigenvalue weighted by Gasteiger charge is -2.15. The third kappa shape index (κ3) is 2.67. The van der Waals surface area contributed by atoms with Gasteiger partial charge in [-0.15, -0.1) is 0 Å². The first-order valence-electron chi connectivity index (χ1n) is 6.59. The number of hydrogen-bond acceptors (Lipinski definition) is 2. The van der Waals surface area contributed by atoms with Crippen LogP contribution >= 0.6 is 0 Å². The summed E-state index contributed by atoms with van der Waals surface area (Å²) >= 11 is 0. The average Bonchev–Trinajstić information content (AvgIpc) is 2.71. The Balaban J connectivity index is 2.31. The molecule has 0 aliphatic rings. The first-order valence-corrected chi connectivity index (χ1v) is 6.59. The van der Waals surface area contributed by atoms with Crippen LogP contribution in [0.2, 0.25) is 0 Å². The molecule has 0 saturated carbocycles. The molecule has 1 aromatic heterocycles. The highest BCUT2D eigenvalue weighted by Crippen LogP contribution is 2.26. The molecule has 1 atom stereocenters. The zero-order chi connectivity index (χ0) is 13.1. The van der Waals surface area contributed by atoms with Crippen molar-refractivity contribution in [3.63, 3.8) is 0 Å². The summed E-state index contributed by atoms with van der Waals surface area (Å²) in [5, 5.41) is 1.22. The summed E-state index contributed by atoms with van der Waals surface area (Å²) in [5.41, 5.74) is 6.87. The van der Waals surface area contributed by atoms with Crippen molar-refractivity contribution in [3.8, 4) is 5.75 Å². The van der Waals surface area contributed by atoms with E-state index < -0.39 is 0 Å². The molecular weight excluding hydrogens is 224 g/mol. The molecule has 0 spiro atoms. The molecule has 0 aliphatic heterocycles. The summed E-state index contributed by atoms with van der Waals surface area (Å²) in [6.07, 6.45) is 3.33. The van der Waals surface area contributed by atoms with Crippen LogP contribution in [0, 0.1) is 0 Å². The van der Waals surface area contributed by atoms with E-state index in [1.165, 1.54) is 10.9 Å². The minimum Gasteiger partial charge on any atom is -0.491 e. The van der Waals surface area contributed by atoms with Crippen molar-refractivity contribution in [1.82, 2.24) is 4.57 Å². The lowest BCUT2D eigenvalue weighted by molar-refractivity contribution is 0.243. The monoisotopic (exact) mass is 246 g/mol. The summed E-state index contributed by atoms with van der Waals surface area (Å²) in [4.78, 5) is 0. The molecular formula is C15H22N2O. The highest BCUT2D eigenvalue weighted by atomic mass is 16.5. The third-order valence-electron chi connectivity index (χ3n) is 3.12. The van der Waals surface area contributed by atoms with E-state index in [0.717, 1.165) is 18.7 Å². The average molecular weight is 246 g/mol. The molecule has 0 radical (unpaired) electrons. The summed E-state index contributed by atoms with van der Waals surface area (Å²) < 4.78 is 7.99. The number of aromatic nitrogens is 1. The largest absolute Gasteiger partial charge is 0.491 e. The number of hydrogen-bond donors (Lipinski definition) is 1. The van der Waals surface area contributed by atoms with E-state index in [4.69, 9.17) is 10.5 Å². The molecule has 3 heteroatoms. The standard InChI is InChI=1S/C15H22N2O/c1-11(2)18-14-4-5-15-13(10-14)7-9-17(15)12(3)6-8-16/h4-5,7,9-12H,6,8,16H2,1-3H3. The van der Waals surface area contributed by atoms with Crippen LogP contribution < -0.4 is 10.5 Å². The fraction of sp³-hybridized carbons (Fsp3) is 0.467. The molecule has 1 heterocycles. The summed E-state index contributed by atoms with van der Waals surface area (Å²) in [6.45, 7) is 7.00. The van der Waals surface area contributed by atoms with E-state index >= 15 is 0 Å². The molecule has 0 aliphatic carbocycles. The maximum atomic E-state index is 5.71. The Kier molecular flexibility index (Phi) is 3.92. The molecule has 0 saturated heterocycles. The van der Waals surface area contributed by atoms with Crippen molar-refractivity contribution in [2.24, 2.45) is 5.73 Å². The van der Waals surface area contributed by atoms with Crippen LogP contribution in [0.15, 0.2) is 30.5 Å². The van der Waals surface area contributed by atoms with Crippen molar-refractivity contribution >= 4 is 10.9 Å². The molecule has 0 fully saturated rings. The van der Waals surface area contributed by atoms with Crippen molar-refractivity contribution < 1.29 is 4.74 Å². The second kappa shape index (κ2) is 5.44. The van der Waals surface area contributed by atoms with E-state index in [9.17, 15) is 0 Å². The van der Waals surface area contributed by atoms with E-state index in [1.54, 1.807) is 0 Å². The minimum absolute atomic E-state index is 0.209. The summed E-state index contributed by atoms with van der Waals surface area (Å²) in [5.74, 6) is 0.932. The predicted molar refractivity (Wildman–Crippen MR) is 76.1 cm³/mol. The van der Waals surface area contributed by atoms with E-state index in [0.29, 0.717) is 6.04 Å². The first kappa shape index (κ1) is 13.0. The Bertz CT molecular complexity index is 516. The normalized spacial score (nSPS) is 13.2. The second-order valence-corrected chi connectivity index (χ2v) is 5.04. The number of nitrogens with zero attached hydrogens (tertiary/aromatic N) is 1. The van der Waals surface area contributed by atoms with Gasteiger partial charge >= 0.3 is 0 Å². The van der Waals surface area contributed by atoms with Crippen molar-refractivity contribution in [3.05, 3.63) is 30.5 Å². The molecule has 2 rings (SSSR count). The maximum absolute atomic E-state index is 5.71. The van der Waals surface area contributed by atoms with Gasteiger partial charge in [0, 0.05) is 23.1 Å². The highest BCUT2D eigenvalue weighted by Gasteiger charge is 2.08. The molecule has 1 aromatic carbocycles. The number of fused-ring (bicyclic) bond motifs is 1. The molecule has 98 valence electrons.